The molecule has 0 saturated carbocycles. The molecule has 0 radical (unpaired) electrons. The number of hydrogen-bond acceptors (Lipinski definition) is 7. The highest BCUT2D eigenvalue weighted by Crippen LogP contribution is 2.38. The van der Waals surface area contributed by atoms with E-state index < -0.39 is 13.9 Å². The minimum absolute atomic E-state index is 0.0264. The first-order valence-corrected chi connectivity index (χ1v) is 24.0. The average molecular weight is 786 g/mol. The smallest absolute Gasteiger partial charge is 0.306 e. The summed E-state index contributed by atoms with van der Waals surface area (Å²) in [5.74, 6) is -0.339. The van der Waals surface area contributed by atoms with E-state index in [1.807, 2.05) is 21.1 Å². The first-order valence-electron chi connectivity index (χ1n) is 22.6. The van der Waals surface area contributed by atoms with Crippen molar-refractivity contribution in [2.24, 2.45) is 0 Å². The van der Waals surface area contributed by atoms with Gasteiger partial charge in [-0.1, -0.05) is 173 Å². The Bertz CT molecular complexity index is 920. The number of likely N-dealkylation sites (N-methyl/N-ethyl adjacent to an activating group) is 1. The molecule has 2 unspecified atom stereocenters. The number of rotatable bonds is 42. The first-order chi connectivity index (χ1) is 26.1. The molecule has 0 aliphatic heterocycles. The van der Waals surface area contributed by atoms with Crippen LogP contribution in [0.25, 0.3) is 0 Å². The highest BCUT2D eigenvalue weighted by molar-refractivity contribution is 7.45. The Morgan fingerprint density at radius 1 is 0.574 bits per heavy atom. The summed E-state index contributed by atoms with van der Waals surface area (Å²) in [5, 5.41) is 0. The molecule has 0 aliphatic carbocycles. The van der Waals surface area contributed by atoms with E-state index in [9.17, 15) is 14.3 Å². The lowest BCUT2D eigenvalue weighted by Crippen LogP contribution is -2.37. The van der Waals surface area contributed by atoms with Gasteiger partial charge in [0.05, 0.1) is 34.4 Å². The van der Waals surface area contributed by atoms with Crippen LogP contribution in [0.4, 0.5) is 0 Å². The molecule has 0 aromatic rings. The molecule has 8 nitrogen and oxygen atoms in total. The molecule has 54 heavy (non-hydrogen) atoms. The van der Waals surface area contributed by atoms with Gasteiger partial charge in [-0.25, -0.2) is 0 Å². The number of ether oxygens (including phenoxy) is 2. The van der Waals surface area contributed by atoms with Gasteiger partial charge in [0.2, 0.25) is 0 Å². The number of unbranched alkanes of at least 4 members (excludes halogenated alkanes) is 24. The van der Waals surface area contributed by atoms with Crippen molar-refractivity contribution in [1.82, 2.24) is 0 Å². The van der Waals surface area contributed by atoms with E-state index in [-0.39, 0.29) is 25.8 Å². The highest BCUT2D eigenvalue weighted by atomic mass is 31.2. The maximum absolute atomic E-state index is 12.7. The van der Waals surface area contributed by atoms with Crippen LogP contribution in [0.1, 0.15) is 200 Å². The van der Waals surface area contributed by atoms with Gasteiger partial charge in [-0.05, 0) is 44.9 Å². The predicted molar refractivity (Wildman–Crippen MR) is 227 cm³/mol. The number of hydrogen-bond donors (Lipinski definition) is 0. The SMILES string of the molecule is CCCCC/C=C\C/C=C\CCCCCCCCCC(=O)OC(COCCCCCCCCCCCCCCCCC)COP(=O)([O-])OCC[N+](C)(C)C. The van der Waals surface area contributed by atoms with Crippen LogP contribution >= 0.6 is 7.82 Å². The summed E-state index contributed by atoms with van der Waals surface area (Å²) in [6.45, 7) is 5.41. The van der Waals surface area contributed by atoms with E-state index in [0.29, 0.717) is 24.1 Å². The zero-order chi connectivity index (χ0) is 39.9. The molecule has 0 aromatic carbocycles. The topological polar surface area (TPSA) is 94.1 Å². The monoisotopic (exact) mass is 786 g/mol. The number of phosphoric ester groups is 1. The van der Waals surface area contributed by atoms with Crippen LogP contribution in [0, 0.1) is 0 Å². The average Bonchev–Trinajstić information content (AvgIpc) is 3.12. The van der Waals surface area contributed by atoms with Crippen LogP contribution in [0.3, 0.4) is 0 Å². The number of phosphoric acid groups is 1. The summed E-state index contributed by atoms with van der Waals surface area (Å²) in [5.41, 5.74) is 0. The van der Waals surface area contributed by atoms with Crippen LogP contribution in [-0.2, 0) is 27.9 Å². The summed E-state index contributed by atoms with van der Waals surface area (Å²) in [4.78, 5) is 25.1. The van der Waals surface area contributed by atoms with Crippen molar-refractivity contribution in [3.8, 4) is 0 Å². The minimum Gasteiger partial charge on any atom is -0.756 e. The molecular weight excluding hydrogens is 697 g/mol. The van der Waals surface area contributed by atoms with Gasteiger partial charge in [0, 0.05) is 13.0 Å². The van der Waals surface area contributed by atoms with Crippen molar-refractivity contribution in [1.29, 1.82) is 0 Å². The molecule has 0 aliphatic rings. The maximum atomic E-state index is 12.7. The van der Waals surface area contributed by atoms with Crippen molar-refractivity contribution in [3.05, 3.63) is 24.3 Å². The lowest BCUT2D eigenvalue weighted by atomic mass is 10.0. The predicted octanol–water partition coefficient (Wildman–Crippen LogP) is 12.6. The number of allylic oxidation sites excluding steroid dienone is 4. The van der Waals surface area contributed by atoms with Crippen molar-refractivity contribution in [3.63, 3.8) is 0 Å². The first kappa shape index (κ1) is 53.0. The fraction of sp³-hybridized carbons (Fsp3) is 0.889. The molecule has 0 rings (SSSR count). The van der Waals surface area contributed by atoms with Gasteiger partial charge in [0.25, 0.3) is 7.82 Å². The Kier molecular flexibility index (Phi) is 38.1. The fourth-order valence-corrected chi connectivity index (χ4v) is 6.95. The molecule has 0 spiro atoms. The Balaban J connectivity index is 4.22. The highest BCUT2D eigenvalue weighted by Gasteiger charge is 2.20. The molecule has 9 heteroatoms. The van der Waals surface area contributed by atoms with E-state index >= 15 is 0 Å². The summed E-state index contributed by atoms with van der Waals surface area (Å²) in [6, 6.07) is 0. The van der Waals surface area contributed by atoms with Crippen LogP contribution in [0.2, 0.25) is 0 Å². The number of quaternary nitrogens is 1. The Morgan fingerprint density at radius 3 is 1.54 bits per heavy atom. The van der Waals surface area contributed by atoms with E-state index in [1.54, 1.807) is 0 Å². The van der Waals surface area contributed by atoms with Gasteiger partial charge < -0.3 is 27.9 Å². The largest absolute Gasteiger partial charge is 0.756 e. The Morgan fingerprint density at radius 2 is 1.02 bits per heavy atom. The second-order valence-electron chi connectivity index (χ2n) is 16.4. The molecule has 0 fully saturated rings. The summed E-state index contributed by atoms with van der Waals surface area (Å²) in [6.07, 6.45) is 43.2. The third kappa shape index (κ3) is 42.1. The quantitative estimate of drug-likeness (QED) is 0.0200. The molecule has 0 heterocycles. The minimum atomic E-state index is -4.52. The standard InChI is InChI=1S/C45H88NO7P/c1-6-8-10-12-14-16-18-20-22-23-24-26-28-30-32-34-36-38-45(47)53-44(43-52-54(48,49)51-41-39-46(3,4)5)42-50-40-37-35-33-31-29-27-25-21-19-17-15-13-11-9-7-2/h14,16,20,22,44H,6-13,15,17-19,21,23-43H2,1-5H3/b16-14-,22-20-. The zero-order valence-electron chi connectivity index (χ0n) is 36.2. The molecule has 0 aromatic heterocycles. The van der Waals surface area contributed by atoms with Gasteiger partial charge in [0.15, 0.2) is 0 Å². The van der Waals surface area contributed by atoms with E-state index in [2.05, 4.69) is 38.2 Å². The second-order valence-corrected chi connectivity index (χ2v) is 17.8. The lowest BCUT2D eigenvalue weighted by Gasteiger charge is -2.28. The van der Waals surface area contributed by atoms with Crippen LogP contribution in [-0.4, -0.2) is 70.7 Å². The van der Waals surface area contributed by atoms with E-state index in [0.717, 1.165) is 44.9 Å². The van der Waals surface area contributed by atoms with Gasteiger partial charge >= 0.3 is 5.97 Å². The molecule has 0 N–H and O–H groups in total. The van der Waals surface area contributed by atoms with E-state index in [1.165, 1.54) is 135 Å². The van der Waals surface area contributed by atoms with E-state index in [4.69, 9.17) is 18.5 Å². The normalized spacial score (nSPS) is 14.0. The Labute approximate surface area is 334 Å². The fourth-order valence-electron chi connectivity index (χ4n) is 6.22. The maximum Gasteiger partial charge on any atom is 0.306 e. The van der Waals surface area contributed by atoms with Crippen molar-refractivity contribution < 1.29 is 37.3 Å². The van der Waals surface area contributed by atoms with Gasteiger partial charge in [-0.2, -0.15) is 0 Å². The lowest BCUT2D eigenvalue weighted by molar-refractivity contribution is -0.870. The number of esters is 1. The van der Waals surface area contributed by atoms with Crippen LogP contribution in [0.5, 0.6) is 0 Å². The number of nitrogens with zero attached hydrogens (tertiary/aromatic N) is 1. The van der Waals surface area contributed by atoms with Crippen molar-refractivity contribution in [2.45, 2.75) is 206 Å². The van der Waals surface area contributed by atoms with Gasteiger partial charge in [-0.15, -0.1) is 0 Å². The summed E-state index contributed by atoms with van der Waals surface area (Å²) >= 11 is 0. The summed E-state index contributed by atoms with van der Waals surface area (Å²) < 4.78 is 34.6. The molecular formula is C45H88NO7P. The third-order valence-electron chi connectivity index (χ3n) is 9.76. The molecule has 0 saturated heterocycles. The summed E-state index contributed by atoms with van der Waals surface area (Å²) in [7, 11) is 1.36. The zero-order valence-corrected chi connectivity index (χ0v) is 37.1. The van der Waals surface area contributed by atoms with Gasteiger partial charge in [-0.3, -0.25) is 9.36 Å². The van der Waals surface area contributed by atoms with Crippen LogP contribution < -0.4 is 4.89 Å². The third-order valence-corrected chi connectivity index (χ3v) is 10.7. The molecule has 320 valence electrons. The second kappa shape index (κ2) is 38.8. The van der Waals surface area contributed by atoms with Crippen LogP contribution in [0.15, 0.2) is 24.3 Å². The van der Waals surface area contributed by atoms with Crippen molar-refractivity contribution >= 4 is 13.8 Å². The molecule has 0 bridgehead atoms. The molecule has 0 amide bonds. The number of carbonyl (C=O) groups excluding carboxylic acids is 1. The van der Waals surface area contributed by atoms with Gasteiger partial charge in [0.1, 0.15) is 19.3 Å². The molecule has 2 atom stereocenters. The number of carbonyl (C=O) groups is 1. The van der Waals surface area contributed by atoms with Crippen molar-refractivity contribution in [2.75, 3.05) is 54.1 Å². The Hall–Kier alpha value is -1.02.